The SMILES string of the molecule is COc1ccc(C2(CS(C)(=O)=O)C[N+]23C(=O)c2cccc(NC(C)=O)c2C3=O)cc1OC(C)(O)O. The Balaban J connectivity index is 1.90. The number of rotatable bonds is 7. The summed E-state index contributed by atoms with van der Waals surface area (Å²) < 4.78 is 34.6. The van der Waals surface area contributed by atoms with E-state index in [0.29, 0.717) is 0 Å². The van der Waals surface area contributed by atoms with Crippen molar-refractivity contribution in [2.45, 2.75) is 25.4 Å². The molecule has 0 radical (unpaired) electrons. The van der Waals surface area contributed by atoms with Crippen LogP contribution in [0.2, 0.25) is 0 Å². The first-order valence-corrected chi connectivity index (χ1v) is 12.6. The van der Waals surface area contributed by atoms with Gasteiger partial charge in [-0.25, -0.2) is 18.0 Å². The van der Waals surface area contributed by atoms with E-state index in [1.807, 2.05) is 0 Å². The van der Waals surface area contributed by atoms with E-state index in [-0.39, 0.29) is 40.4 Å². The van der Waals surface area contributed by atoms with Crippen LogP contribution in [0.15, 0.2) is 36.4 Å². The number of anilines is 1. The molecular weight excluding hydrogens is 480 g/mol. The third-order valence-electron chi connectivity index (χ3n) is 6.14. The van der Waals surface area contributed by atoms with Crippen molar-refractivity contribution in [1.29, 1.82) is 0 Å². The van der Waals surface area contributed by atoms with Crippen LogP contribution in [0.1, 0.15) is 40.1 Å². The van der Waals surface area contributed by atoms with Gasteiger partial charge in [-0.3, -0.25) is 4.79 Å². The van der Waals surface area contributed by atoms with Crippen LogP contribution in [0.4, 0.5) is 5.69 Å². The van der Waals surface area contributed by atoms with E-state index in [2.05, 4.69) is 5.32 Å². The van der Waals surface area contributed by atoms with Gasteiger partial charge in [0, 0.05) is 25.7 Å². The zero-order valence-electron chi connectivity index (χ0n) is 19.5. The standard InChI is InChI=1S/C23H24N2O9S/c1-13(26)24-16-7-5-6-15-19(16)21(28)25(20(15)27)11-23(25,12-35(4,31)32)14-8-9-17(33-3)18(10-14)34-22(2,29)30/h5-10,29-30H,11-12H2,1-4H3/p+1. The molecule has 0 saturated carbocycles. The number of quaternary nitrogens is 1. The van der Waals surface area contributed by atoms with Crippen molar-refractivity contribution < 1.29 is 47.0 Å². The van der Waals surface area contributed by atoms with Gasteiger partial charge in [0.25, 0.3) is 0 Å². The molecule has 0 bridgehead atoms. The van der Waals surface area contributed by atoms with Crippen molar-refractivity contribution in [3.8, 4) is 11.5 Å². The maximum atomic E-state index is 13.8. The third kappa shape index (κ3) is 3.97. The molecule has 1 spiro atoms. The van der Waals surface area contributed by atoms with Crippen molar-refractivity contribution in [2.24, 2.45) is 0 Å². The first-order valence-electron chi connectivity index (χ1n) is 10.5. The lowest BCUT2D eigenvalue weighted by molar-refractivity contribution is -0.653. The molecule has 1 fully saturated rings. The smallest absolute Gasteiger partial charge is 0.357 e. The fourth-order valence-electron chi connectivity index (χ4n) is 4.87. The number of benzene rings is 2. The lowest BCUT2D eigenvalue weighted by Gasteiger charge is -2.22. The number of ether oxygens (including phenoxy) is 2. The fourth-order valence-corrected chi connectivity index (χ4v) is 6.22. The lowest BCUT2D eigenvalue weighted by atomic mass is 9.99. The Bertz CT molecular complexity index is 1380. The van der Waals surface area contributed by atoms with E-state index in [9.17, 15) is 33.0 Å². The number of fused-ring (bicyclic) bond motifs is 1. The third-order valence-corrected chi connectivity index (χ3v) is 7.15. The average Bonchev–Trinajstić information content (AvgIpc) is 3.33. The molecule has 4 rings (SSSR count). The topological polar surface area (TPSA) is 156 Å². The summed E-state index contributed by atoms with van der Waals surface area (Å²) in [4.78, 5) is 39.1. The van der Waals surface area contributed by atoms with Crippen molar-refractivity contribution in [3.05, 3.63) is 53.1 Å². The number of sulfone groups is 1. The first kappa shape index (κ1) is 24.8. The number of carbonyl (C=O) groups excluding carboxylic acids is 3. The second kappa shape index (κ2) is 7.85. The van der Waals surface area contributed by atoms with E-state index < -0.39 is 49.3 Å². The Kier molecular flexibility index (Phi) is 5.56. The highest BCUT2D eigenvalue weighted by atomic mass is 32.2. The Morgan fingerprint density at radius 3 is 2.43 bits per heavy atom. The molecule has 11 nitrogen and oxygen atoms in total. The van der Waals surface area contributed by atoms with Gasteiger partial charge in [-0.05, 0) is 30.3 Å². The highest BCUT2D eigenvalue weighted by Crippen LogP contribution is 2.59. The molecular formula is C23H25N2O9S+. The van der Waals surface area contributed by atoms with Gasteiger partial charge >= 0.3 is 17.8 Å². The number of imide groups is 1. The zero-order valence-corrected chi connectivity index (χ0v) is 20.3. The Hall–Kier alpha value is -3.32. The van der Waals surface area contributed by atoms with E-state index in [1.165, 1.54) is 50.4 Å². The molecule has 2 aliphatic rings. The van der Waals surface area contributed by atoms with Crippen LogP contribution in [0.5, 0.6) is 11.5 Å². The van der Waals surface area contributed by atoms with Crippen LogP contribution in [0, 0.1) is 0 Å². The van der Waals surface area contributed by atoms with E-state index >= 15 is 0 Å². The molecule has 3 amide bonds. The predicted molar refractivity (Wildman–Crippen MR) is 122 cm³/mol. The molecule has 2 unspecified atom stereocenters. The summed E-state index contributed by atoms with van der Waals surface area (Å²) in [6.45, 7) is 2.10. The zero-order chi connectivity index (χ0) is 26.0. The Morgan fingerprint density at radius 2 is 1.86 bits per heavy atom. The number of hydrogen-bond acceptors (Lipinski definition) is 9. The normalized spacial score (nSPS) is 23.3. The monoisotopic (exact) mass is 505 g/mol. The van der Waals surface area contributed by atoms with E-state index in [0.717, 1.165) is 13.2 Å². The van der Waals surface area contributed by atoms with Crippen molar-refractivity contribution in [2.75, 3.05) is 31.0 Å². The van der Waals surface area contributed by atoms with E-state index in [4.69, 9.17) is 9.47 Å². The fraction of sp³-hybridized carbons (Fsp3) is 0.348. The van der Waals surface area contributed by atoms with Crippen LogP contribution < -0.4 is 14.8 Å². The second-order valence-electron chi connectivity index (χ2n) is 8.99. The number of methoxy groups -OCH3 is 1. The quantitative estimate of drug-likeness (QED) is 0.214. The van der Waals surface area contributed by atoms with Crippen LogP contribution in [-0.2, 0) is 20.2 Å². The van der Waals surface area contributed by atoms with Crippen molar-refractivity contribution >= 4 is 33.2 Å². The van der Waals surface area contributed by atoms with Crippen LogP contribution in [0.25, 0.3) is 0 Å². The minimum atomic E-state index is -3.72. The number of aliphatic hydroxyl groups is 2. The molecule has 0 aliphatic carbocycles. The van der Waals surface area contributed by atoms with Gasteiger partial charge in [0.1, 0.15) is 11.3 Å². The van der Waals surface area contributed by atoms with Gasteiger partial charge in [0.2, 0.25) is 11.4 Å². The van der Waals surface area contributed by atoms with Crippen LogP contribution in [-0.4, -0.2) is 72.5 Å². The summed E-state index contributed by atoms with van der Waals surface area (Å²) in [6, 6.07) is 8.76. The maximum Gasteiger partial charge on any atom is 0.357 e. The van der Waals surface area contributed by atoms with Gasteiger partial charge in [-0.15, -0.1) is 0 Å². The highest BCUT2D eigenvalue weighted by molar-refractivity contribution is 7.90. The minimum Gasteiger partial charge on any atom is -0.493 e. The summed E-state index contributed by atoms with van der Waals surface area (Å²) in [5.41, 5.74) is -0.969. The highest BCUT2D eigenvalue weighted by Gasteiger charge is 2.83. The number of nitrogens with zero attached hydrogens (tertiary/aromatic N) is 1. The van der Waals surface area contributed by atoms with Gasteiger partial charge in [0.05, 0.1) is 18.4 Å². The predicted octanol–water partition coefficient (Wildman–Crippen LogP) is 0.755. The second-order valence-corrected chi connectivity index (χ2v) is 11.1. The first-order chi connectivity index (χ1) is 16.1. The van der Waals surface area contributed by atoms with Gasteiger partial charge in [-0.1, -0.05) is 6.07 Å². The lowest BCUT2D eigenvalue weighted by Crippen LogP contribution is -2.43. The molecule has 12 heteroatoms. The molecule has 2 atom stereocenters. The number of amides is 3. The van der Waals surface area contributed by atoms with Gasteiger partial charge in [0.15, 0.2) is 27.9 Å². The Labute approximate surface area is 201 Å². The average molecular weight is 506 g/mol. The molecule has 1 saturated heterocycles. The molecule has 186 valence electrons. The number of hydrogen-bond donors (Lipinski definition) is 3. The van der Waals surface area contributed by atoms with Crippen molar-refractivity contribution in [1.82, 2.24) is 0 Å². The molecule has 2 aliphatic heterocycles. The Morgan fingerprint density at radius 1 is 1.17 bits per heavy atom. The largest absolute Gasteiger partial charge is 0.493 e. The van der Waals surface area contributed by atoms with Crippen LogP contribution in [0.3, 0.4) is 0 Å². The summed E-state index contributed by atoms with van der Waals surface area (Å²) >= 11 is 0. The summed E-state index contributed by atoms with van der Waals surface area (Å²) in [6.07, 6.45) is 1.00. The molecule has 2 aromatic carbocycles. The van der Waals surface area contributed by atoms with Gasteiger partial charge < -0.3 is 25.0 Å². The van der Waals surface area contributed by atoms with E-state index in [1.54, 1.807) is 0 Å². The summed E-state index contributed by atoms with van der Waals surface area (Å²) in [5, 5.41) is 22.0. The van der Waals surface area contributed by atoms with Gasteiger partial charge in [-0.2, -0.15) is 4.48 Å². The summed E-state index contributed by atoms with van der Waals surface area (Å²) in [7, 11) is -2.39. The minimum absolute atomic E-state index is 0.0198. The molecule has 3 N–H and O–H groups in total. The maximum absolute atomic E-state index is 13.8. The molecule has 2 heterocycles. The molecule has 35 heavy (non-hydrogen) atoms. The number of carbonyl (C=O) groups is 3. The van der Waals surface area contributed by atoms with Crippen LogP contribution >= 0.6 is 0 Å². The van der Waals surface area contributed by atoms with Crippen molar-refractivity contribution in [3.63, 3.8) is 0 Å². The summed E-state index contributed by atoms with van der Waals surface area (Å²) in [5.74, 6) is -4.76. The molecule has 0 aromatic heterocycles. The number of nitrogens with one attached hydrogen (secondary N) is 1. The molecule has 2 aromatic rings.